The summed E-state index contributed by atoms with van der Waals surface area (Å²) in [4.78, 5) is 26.8. The summed E-state index contributed by atoms with van der Waals surface area (Å²) in [5, 5.41) is 6.31. The molecule has 6 heteroatoms. The van der Waals surface area contributed by atoms with E-state index in [-0.39, 0.29) is 18.4 Å². The lowest BCUT2D eigenvalue weighted by Gasteiger charge is -2.22. The second kappa shape index (κ2) is 8.65. The third-order valence-corrected chi connectivity index (χ3v) is 4.52. The van der Waals surface area contributed by atoms with E-state index in [0.29, 0.717) is 23.8 Å². The van der Waals surface area contributed by atoms with E-state index >= 15 is 0 Å². The van der Waals surface area contributed by atoms with Gasteiger partial charge in [0, 0.05) is 18.2 Å². The van der Waals surface area contributed by atoms with Crippen molar-refractivity contribution in [2.75, 3.05) is 18.4 Å². The Morgan fingerprint density at radius 3 is 2.62 bits per heavy atom. The Morgan fingerprint density at radius 1 is 1.23 bits per heavy atom. The molecule has 1 aliphatic carbocycles. The van der Waals surface area contributed by atoms with Crippen LogP contribution < -0.4 is 5.32 Å². The van der Waals surface area contributed by atoms with Crippen LogP contribution in [0, 0.1) is 5.92 Å². The first-order chi connectivity index (χ1) is 12.7. The van der Waals surface area contributed by atoms with Crippen molar-refractivity contribution in [3.05, 3.63) is 47.7 Å². The summed E-state index contributed by atoms with van der Waals surface area (Å²) in [6, 6.07) is 9.31. The van der Waals surface area contributed by atoms with Gasteiger partial charge in [-0.25, -0.2) is 0 Å². The van der Waals surface area contributed by atoms with Crippen LogP contribution in [0.5, 0.6) is 0 Å². The van der Waals surface area contributed by atoms with Crippen molar-refractivity contribution < 1.29 is 14.1 Å². The number of rotatable bonds is 9. The molecule has 0 aliphatic heterocycles. The molecule has 3 rings (SSSR count). The zero-order valence-electron chi connectivity index (χ0n) is 15.1. The highest BCUT2D eigenvalue weighted by atomic mass is 16.5. The number of unbranched alkanes of at least 4 members (excludes halogenated alkanes) is 1. The molecule has 0 spiro atoms. The van der Waals surface area contributed by atoms with Crippen molar-refractivity contribution in [2.45, 2.75) is 39.0 Å². The van der Waals surface area contributed by atoms with Crippen LogP contribution >= 0.6 is 0 Å². The van der Waals surface area contributed by atoms with E-state index in [4.69, 9.17) is 4.52 Å². The lowest BCUT2D eigenvalue weighted by molar-refractivity contribution is -0.117. The summed E-state index contributed by atoms with van der Waals surface area (Å²) in [5.41, 5.74) is 1.86. The van der Waals surface area contributed by atoms with Gasteiger partial charge in [0.05, 0.1) is 0 Å². The molecule has 0 unspecified atom stereocenters. The molecule has 1 fully saturated rings. The summed E-state index contributed by atoms with van der Waals surface area (Å²) in [5.74, 6) is 0.485. The second-order valence-electron chi connectivity index (χ2n) is 6.86. The maximum absolute atomic E-state index is 12.9. The minimum atomic E-state index is -0.271. The fourth-order valence-electron chi connectivity index (χ4n) is 2.84. The normalized spacial score (nSPS) is 13.4. The molecule has 1 heterocycles. The zero-order valence-corrected chi connectivity index (χ0v) is 15.1. The molecule has 0 radical (unpaired) electrons. The first-order valence-corrected chi connectivity index (χ1v) is 9.24. The molecule has 1 aromatic carbocycles. The van der Waals surface area contributed by atoms with Gasteiger partial charge in [0.1, 0.15) is 12.8 Å². The van der Waals surface area contributed by atoms with E-state index < -0.39 is 0 Å². The number of benzene rings is 1. The molecule has 1 aromatic heterocycles. The monoisotopic (exact) mass is 355 g/mol. The maximum Gasteiger partial charge on any atom is 0.254 e. The maximum atomic E-state index is 12.9. The van der Waals surface area contributed by atoms with Gasteiger partial charge >= 0.3 is 0 Å². The minimum Gasteiger partial charge on any atom is -0.363 e. The molecule has 1 saturated carbocycles. The zero-order chi connectivity index (χ0) is 18.4. The van der Waals surface area contributed by atoms with Crippen molar-refractivity contribution in [2.24, 2.45) is 5.92 Å². The Hall–Kier alpha value is -2.63. The quantitative estimate of drug-likeness (QED) is 0.747. The first-order valence-electron chi connectivity index (χ1n) is 9.24. The van der Waals surface area contributed by atoms with Gasteiger partial charge in [-0.1, -0.05) is 30.6 Å². The molecule has 6 nitrogen and oxygen atoms in total. The fourth-order valence-corrected chi connectivity index (χ4v) is 2.84. The van der Waals surface area contributed by atoms with E-state index in [9.17, 15) is 9.59 Å². The number of carbonyl (C=O) groups excluding carboxylic acids is 2. The van der Waals surface area contributed by atoms with E-state index in [0.717, 1.165) is 32.1 Å². The van der Waals surface area contributed by atoms with Crippen LogP contribution in [0.1, 0.15) is 48.5 Å². The van der Waals surface area contributed by atoms with Crippen LogP contribution in [0.25, 0.3) is 0 Å². The largest absolute Gasteiger partial charge is 0.363 e. The highest BCUT2D eigenvalue weighted by molar-refractivity contribution is 5.99. The Bertz CT molecular complexity index is 721. The fraction of sp³-hybridized carbons (Fsp3) is 0.450. The van der Waals surface area contributed by atoms with Crippen molar-refractivity contribution in [1.82, 2.24) is 10.1 Å². The van der Waals surface area contributed by atoms with Gasteiger partial charge in [-0.2, -0.15) is 0 Å². The molecule has 2 amide bonds. The predicted molar refractivity (Wildman–Crippen MR) is 98.8 cm³/mol. The molecule has 1 N–H and O–H groups in total. The predicted octanol–water partition coefficient (Wildman–Crippen LogP) is 3.51. The smallest absolute Gasteiger partial charge is 0.254 e. The molecule has 2 aromatic rings. The van der Waals surface area contributed by atoms with Gasteiger partial charge in [0.15, 0.2) is 5.82 Å². The van der Waals surface area contributed by atoms with Gasteiger partial charge in [0.2, 0.25) is 5.91 Å². The molecule has 138 valence electrons. The second-order valence-corrected chi connectivity index (χ2v) is 6.86. The third kappa shape index (κ3) is 5.18. The standard InChI is InChI=1S/C20H25N3O3/c1-2-3-4-15-7-9-17(10-8-15)20(25)23(13-16-5-6-16)14-19(24)21-18-11-12-26-22-18/h7-12,16H,2-6,13-14H2,1H3,(H,21,22,24). The highest BCUT2D eigenvalue weighted by Gasteiger charge is 2.28. The molecular formula is C20H25N3O3. The Kier molecular flexibility index (Phi) is 6.04. The van der Waals surface area contributed by atoms with Crippen LogP contribution in [0.3, 0.4) is 0 Å². The van der Waals surface area contributed by atoms with Crippen molar-refractivity contribution in [1.29, 1.82) is 0 Å². The summed E-state index contributed by atoms with van der Waals surface area (Å²) in [6.07, 6.45) is 6.94. The topological polar surface area (TPSA) is 75.4 Å². The highest BCUT2D eigenvalue weighted by Crippen LogP contribution is 2.30. The van der Waals surface area contributed by atoms with Crippen LogP contribution in [-0.4, -0.2) is 35.0 Å². The number of aryl methyl sites for hydroxylation is 1. The van der Waals surface area contributed by atoms with Crippen molar-refractivity contribution in [3.63, 3.8) is 0 Å². The number of carbonyl (C=O) groups is 2. The van der Waals surface area contributed by atoms with E-state index in [1.807, 2.05) is 24.3 Å². The van der Waals surface area contributed by atoms with Crippen LogP contribution in [0.15, 0.2) is 41.1 Å². The van der Waals surface area contributed by atoms with Gasteiger partial charge in [-0.05, 0) is 49.3 Å². The van der Waals surface area contributed by atoms with Crippen molar-refractivity contribution in [3.8, 4) is 0 Å². The number of hydrogen-bond donors (Lipinski definition) is 1. The number of nitrogens with one attached hydrogen (secondary N) is 1. The van der Waals surface area contributed by atoms with E-state index in [1.54, 1.807) is 11.0 Å². The Morgan fingerprint density at radius 2 is 2.00 bits per heavy atom. The summed E-state index contributed by atoms with van der Waals surface area (Å²) < 4.78 is 4.71. The third-order valence-electron chi connectivity index (χ3n) is 4.52. The number of aromatic nitrogens is 1. The number of nitrogens with zero attached hydrogens (tertiary/aromatic N) is 2. The van der Waals surface area contributed by atoms with E-state index in [1.165, 1.54) is 11.8 Å². The molecular weight excluding hydrogens is 330 g/mol. The van der Waals surface area contributed by atoms with Crippen LogP contribution in [0.2, 0.25) is 0 Å². The first kappa shape index (κ1) is 18.2. The van der Waals surface area contributed by atoms with Gasteiger partial charge in [-0.15, -0.1) is 0 Å². The molecule has 1 aliphatic rings. The summed E-state index contributed by atoms with van der Waals surface area (Å²) >= 11 is 0. The van der Waals surface area contributed by atoms with Gasteiger partial charge in [0.25, 0.3) is 5.91 Å². The molecule has 0 bridgehead atoms. The SMILES string of the molecule is CCCCc1ccc(C(=O)N(CC(=O)Nc2ccon2)CC2CC2)cc1. The number of anilines is 1. The lowest BCUT2D eigenvalue weighted by Crippen LogP contribution is -2.39. The van der Waals surface area contributed by atoms with Crippen molar-refractivity contribution >= 4 is 17.6 Å². The Balaban J connectivity index is 1.63. The van der Waals surface area contributed by atoms with Crippen LogP contribution in [-0.2, 0) is 11.2 Å². The molecule has 0 saturated heterocycles. The average molecular weight is 355 g/mol. The Labute approximate surface area is 153 Å². The van der Waals surface area contributed by atoms with E-state index in [2.05, 4.69) is 17.4 Å². The summed E-state index contributed by atoms with van der Waals surface area (Å²) in [7, 11) is 0. The van der Waals surface area contributed by atoms with Crippen LogP contribution in [0.4, 0.5) is 5.82 Å². The van der Waals surface area contributed by atoms with Gasteiger partial charge in [-0.3, -0.25) is 9.59 Å². The lowest BCUT2D eigenvalue weighted by atomic mass is 10.1. The van der Waals surface area contributed by atoms with Gasteiger partial charge < -0.3 is 14.7 Å². The minimum absolute atomic E-state index is 0.0137. The number of amides is 2. The number of hydrogen-bond acceptors (Lipinski definition) is 4. The molecule has 26 heavy (non-hydrogen) atoms. The average Bonchev–Trinajstić information content (AvgIpc) is 3.32. The molecule has 0 atom stereocenters. The summed E-state index contributed by atoms with van der Waals surface area (Å²) in [6.45, 7) is 2.79.